The molecule has 0 radical (unpaired) electrons. The molecule has 6 nitrogen and oxygen atoms in total. The number of aliphatic hydroxyl groups excluding tert-OH is 1. The molecule has 1 unspecified atom stereocenters. The number of nitrogens with one attached hydrogen (secondary N) is 1. The van der Waals surface area contributed by atoms with Crippen LogP contribution in [-0.4, -0.2) is 59.0 Å². The zero-order valence-electron chi connectivity index (χ0n) is 17.2. The Kier molecular flexibility index (Phi) is 6.37. The van der Waals surface area contributed by atoms with E-state index >= 15 is 0 Å². The number of carbonyl (C=O) groups excluding carboxylic acids is 1. The first-order valence-electron chi connectivity index (χ1n) is 10.7. The molecule has 1 amide bonds. The normalized spacial score (nSPS) is 19.6. The first-order chi connectivity index (χ1) is 14.5. The van der Waals surface area contributed by atoms with Gasteiger partial charge in [0.25, 0.3) is 0 Å². The third kappa shape index (κ3) is 5.39. The number of hydrogen-bond donors (Lipinski definition) is 3. The van der Waals surface area contributed by atoms with Gasteiger partial charge in [-0.1, -0.05) is 30.3 Å². The number of aliphatic hydroxyl groups is 2. The fraction of sp³-hybridized carbons (Fsp3) is 0.458. The maximum absolute atomic E-state index is 11.5. The molecule has 3 N–H and O–H groups in total. The first kappa shape index (κ1) is 20.8. The molecular weight excluding hydrogens is 380 g/mol. The molecule has 1 fully saturated rings. The van der Waals surface area contributed by atoms with Crippen molar-refractivity contribution in [1.29, 1.82) is 0 Å². The van der Waals surface area contributed by atoms with E-state index in [4.69, 9.17) is 4.74 Å². The van der Waals surface area contributed by atoms with E-state index in [1.807, 2.05) is 36.4 Å². The minimum Gasteiger partial charge on any atom is -0.491 e. The number of amides is 1. The number of ether oxygens (including phenoxy) is 1. The molecule has 1 atom stereocenters. The molecule has 2 heterocycles. The quantitative estimate of drug-likeness (QED) is 0.653. The number of hydrogen-bond acceptors (Lipinski definition) is 5. The number of nitrogens with zero attached hydrogens (tertiary/aromatic N) is 1. The van der Waals surface area contributed by atoms with E-state index in [1.54, 1.807) is 0 Å². The number of fused-ring (bicyclic) bond motifs is 1. The lowest BCUT2D eigenvalue weighted by atomic mass is 9.85. The SMILES string of the molecule is O=C1CCc2cc(OCC(O)CN3CCC(O)(Cc4ccccc4)CC3)ccc2N1. The van der Waals surface area contributed by atoms with Crippen LogP contribution in [0.2, 0.25) is 0 Å². The van der Waals surface area contributed by atoms with Gasteiger partial charge in [0.2, 0.25) is 5.91 Å². The van der Waals surface area contributed by atoms with Crippen LogP contribution in [0.15, 0.2) is 48.5 Å². The minimum absolute atomic E-state index is 0.0452. The van der Waals surface area contributed by atoms with Gasteiger partial charge in [-0.05, 0) is 48.6 Å². The second kappa shape index (κ2) is 9.16. The van der Waals surface area contributed by atoms with Gasteiger partial charge < -0.3 is 25.2 Å². The van der Waals surface area contributed by atoms with Gasteiger partial charge >= 0.3 is 0 Å². The van der Waals surface area contributed by atoms with E-state index in [0.717, 1.165) is 29.9 Å². The molecule has 1 saturated heterocycles. The van der Waals surface area contributed by atoms with Crippen molar-refractivity contribution in [2.24, 2.45) is 0 Å². The van der Waals surface area contributed by atoms with Crippen molar-refractivity contribution in [3.05, 3.63) is 59.7 Å². The number of carbonyl (C=O) groups is 1. The number of piperidine rings is 1. The Bertz CT molecular complexity index is 863. The Morgan fingerprint density at radius 3 is 2.63 bits per heavy atom. The molecule has 4 rings (SSSR count). The second-order valence-corrected chi connectivity index (χ2v) is 8.52. The topological polar surface area (TPSA) is 82.0 Å². The zero-order chi connectivity index (χ0) is 21.0. The van der Waals surface area contributed by atoms with Gasteiger partial charge in [0, 0.05) is 38.2 Å². The standard InChI is InChI=1S/C24H30N2O4/c27-20(17-30-21-7-8-22-19(14-21)6-9-23(28)25-22)16-26-12-10-24(29,11-13-26)15-18-4-2-1-3-5-18/h1-5,7-8,14,20,27,29H,6,9-13,15-17H2,(H,25,28). The van der Waals surface area contributed by atoms with Gasteiger partial charge in [-0.15, -0.1) is 0 Å². The highest BCUT2D eigenvalue weighted by molar-refractivity contribution is 5.93. The Labute approximate surface area is 177 Å². The van der Waals surface area contributed by atoms with Gasteiger partial charge in [-0.2, -0.15) is 0 Å². The number of benzene rings is 2. The second-order valence-electron chi connectivity index (χ2n) is 8.52. The molecule has 2 aromatic carbocycles. The molecule has 2 aliphatic heterocycles. The van der Waals surface area contributed by atoms with Crippen molar-refractivity contribution in [3.8, 4) is 5.75 Å². The van der Waals surface area contributed by atoms with Gasteiger partial charge in [-0.3, -0.25) is 4.79 Å². The summed E-state index contributed by atoms with van der Waals surface area (Å²) >= 11 is 0. The van der Waals surface area contributed by atoms with E-state index in [0.29, 0.717) is 44.4 Å². The molecule has 2 aliphatic rings. The summed E-state index contributed by atoms with van der Waals surface area (Å²) in [6, 6.07) is 15.7. The maximum atomic E-state index is 11.5. The van der Waals surface area contributed by atoms with E-state index in [-0.39, 0.29) is 12.5 Å². The Morgan fingerprint density at radius 2 is 1.87 bits per heavy atom. The molecular formula is C24H30N2O4. The molecule has 6 heteroatoms. The summed E-state index contributed by atoms with van der Waals surface area (Å²) in [4.78, 5) is 13.6. The molecule has 0 saturated carbocycles. The molecule has 30 heavy (non-hydrogen) atoms. The largest absolute Gasteiger partial charge is 0.491 e. The average Bonchev–Trinajstić information content (AvgIpc) is 2.74. The zero-order valence-corrected chi connectivity index (χ0v) is 17.2. The van der Waals surface area contributed by atoms with Crippen LogP contribution in [0.3, 0.4) is 0 Å². The summed E-state index contributed by atoms with van der Waals surface area (Å²) in [7, 11) is 0. The fourth-order valence-electron chi connectivity index (χ4n) is 4.30. The van der Waals surface area contributed by atoms with Crippen molar-refractivity contribution in [1.82, 2.24) is 4.90 Å². The molecule has 0 aliphatic carbocycles. The Morgan fingerprint density at radius 1 is 1.10 bits per heavy atom. The monoisotopic (exact) mass is 410 g/mol. The number of anilines is 1. The summed E-state index contributed by atoms with van der Waals surface area (Å²) in [6.07, 6.45) is 2.68. The number of β-amino-alcohol motifs (C(OH)–C–C–N with tert-alkyl or cyclic N) is 1. The van der Waals surface area contributed by atoms with Gasteiger partial charge in [0.1, 0.15) is 18.5 Å². The molecule has 0 bridgehead atoms. The van der Waals surface area contributed by atoms with Gasteiger partial charge in [0.15, 0.2) is 0 Å². The maximum Gasteiger partial charge on any atom is 0.224 e. The van der Waals surface area contributed by atoms with Crippen LogP contribution in [0.1, 0.15) is 30.4 Å². The van der Waals surface area contributed by atoms with Crippen LogP contribution in [0.25, 0.3) is 0 Å². The third-order valence-electron chi connectivity index (χ3n) is 6.05. The van der Waals surface area contributed by atoms with Crippen molar-refractivity contribution < 1.29 is 19.7 Å². The molecule has 2 aromatic rings. The van der Waals surface area contributed by atoms with Crippen LogP contribution >= 0.6 is 0 Å². The lowest BCUT2D eigenvalue weighted by Gasteiger charge is -2.39. The van der Waals surface area contributed by atoms with Crippen LogP contribution in [0, 0.1) is 0 Å². The number of rotatable bonds is 7. The molecule has 0 aromatic heterocycles. The predicted octanol–water partition coefficient (Wildman–Crippen LogP) is 2.38. The Balaban J connectivity index is 1.22. The number of aryl methyl sites for hydroxylation is 1. The van der Waals surface area contributed by atoms with E-state index in [2.05, 4.69) is 22.3 Å². The summed E-state index contributed by atoms with van der Waals surface area (Å²) in [5.74, 6) is 0.753. The smallest absolute Gasteiger partial charge is 0.224 e. The average molecular weight is 411 g/mol. The van der Waals surface area contributed by atoms with Crippen LogP contribution < -0.4 is 10.1 Å². The highest BCUT2D eigenvalue weighted by Gasteiger charge is 2.32. The number of likely N-dealkylation sites (tertiary alicyclic amines) is 1. The lowest BCUT2D eigenvalue weighted by Crippen LogP contribution is -2.48. The van der Waals surface area contributed by atoms with Crippen molar-refractivity contribution in [2.75, 3.05) is 31.6 Å². The highest BCUT2D eigenvalue weighted by Crippen LogP contribution is 2.28. The fourth-order valence-corrected chi connectivity index (χ4v) is 4.30. The van der Waals surface area contributed by atoms with Crippen molar-refractivity contribution in [2.45, 2.75) is 43.8 Å². The Hall–Kier alpha value is -2.41. The van der Waals surface area contributed by atoms with Gasteiger partial charge in [-0.25, -0.2) is 0 Å². The lowest BCUT2D eigenvalue weighted by molar-refractivity contribution is -0.116. The van der Waals surface area contributed by atoms with E-state index in [9.17, 15) is 15.0 Å². The summed E-state index contributed by atoms with van der Waals surface area (Å²) in [5, 5.41) is 24.2. The van der Waals surface area contributed by atoms with Crippen LogP contribution in [-0.2, 0) is 17.6 Å². The summed E-state index contributed by atoms with van der Waals surface area (Å²) < 4.78 is 5.78. The predicted molar refractivity (Wildman–Crippen MR) is 116 cm³/mol. The van der Waals surface area contributed by atoms with Crippen molar-refractivity contribution >= 4 is 11.6 Å². The molecule has 160 valence electrons. The first-order valence-corrected chi connectivity index (χ1v) is 10.7. The minimum atomic E-state index is -0.669. The van der Waals surface area contributed by atoms with E-state index < -0.39 is 11.7 Å². The van der Waals surface area contributed by atoms with E-state index in [1.165, 1.54) is 0 Å². The van der Waals surface area contributed by atoms with Gasteiger partial charge in [0.05, 0.1) is 5.60 Å². The summed E-state index contributed by atoms with van der Waals surface area (Å²) in [6.45, 7) is 2.27. The van der Waals surface area contributed by atoms with Crippen LogP contribution in [0.4, 0.5) is 5.69 Å². The third-order valence-corrected chi connectivity index (χ3v) is 6.05. The van der Waals surface area contributed by atoms with Crippen molar-refractivity contribution in [3.63, 3.8) is 0 Å². The highest BCUT2D eigenvalue weighted by atomic mass is 16.5. The van der Waals surface area contributed by atoms with Crippen LogP contribution in [0.5, 0.6) is 5.75 Å². The summed E-state index contributed by atoms with van der Waals surface area (Å²) in [5.41, 5.74) is 2.40. The molecule has 0 spiro atoms.